The summed E-state index contributed by atoms with van der Waals surface area (Å²) >= 11 is 0. The highest BCUT2D eigenvalue weighted by molar-refractivity contribution is 6.22. The molecule has 7 heteroatoms. The molecule has 31 heavy (non-hydrogen) atoms. The summed E-state index contributed by atoms with van der Waals surface area (Å²) in [5, 5.41) is 0. The first-order chi connectivity index (χ1) is 15.0. The van der Waals surface area contributed by atoms with Gasteiger partial charge in [0.25, 0.3) is 11.8 Å². The highest BCUT2D eigenvalue weighted by Gasteiger charge is 2.37. The number of nitrogens with zero attached hydrogens (tertiary/aromatic N) is 2. The molecule has 1 aliphatic rings. The summed E-state index contributed by atoms with van der Waals surface area (Å²) in [6, 6.07) is 12.2. The molecule has 0 saturated carbocycles. The predicted molar refractivity (Wildman–Crippen MR) is 116 cm³/mol. The molecular weight excluding hydrogens is 396 g/mol. The Labute approximate surface area is 182 Å². The fourth-order valence-corrected chi connectivity index (χ4v) is 3.59. The molecule has 0 radical (unpaired) electrons. The van der Waals surface area contributed by atoms with E-state index in [1.54, 1.807) is 29.2 Å². The number of carbonyl (C=O) groups is 3. The van der Waals surface area contributed by atoms with Crippen LogP contribution >= 0.6 is 0 Å². The Morgan fingerprint density at radius 1 is 0.903 bits per heavy atom. The molecule has 2 aromatic rings. The van der Waals surface area contributed by atoms with E-state index < -0.39 is 11.8 Å². The molecule has 0 unspecified atom stereocenters. The summed E-state index contributed by atoms with van der Waals surface area (Å²) in [5.41, 5.74) is 1.57. The quantitative estimate of drug-likeness (QED) is 0.546. The second-order valence-corrected chi connectivity index (χ2v) is 7.20. The molecular formula is C24H28N2O5. The first-order valence-corrected chi connectivity index (χ1v) is 10.6. The molecule has 0 aliphatic carbocycles. The molecule has 3 rings (SSSR count). The Morgan fingerprint density at radius 2 is 1.52 bits per heavy atom. The lowest BCUT2D eigenvalue weighted by atomic mass is 10.1. The van der Waals surface area contributed by atoms with Crippen molar-refractivity contribution in [3.63, 3.8) is 0 Å². The van der Waals surface area contributed by atoms with Crippen LogP contribution in [0.2, 0.25) is 0 Å². The van der Waals surface area contributed by atoms with Gasteiger partial charge in [-0.3, -0.25) is 19.3 Å². The monoisotopic (exact) mass is 424 g/mol. The minimum absolute atomic E-state index is 0.275. The number of hydrogen-bond donors (Lipinski definition) is 0. The van der Waals surface area contributed by atoms with Crippen LogP contribution in [0.25, 0.3) is 0 Å². The molecule has 0 aromatic heterocycles. The van der Waals surface area contributed by atoms with E-state index in [1.165, 1.54) is 0 Å². The van der Waals surface area contributed by atoms with Crippen LogP contribution in [-0.4, -0.2) is 53.8 Å². The normalized spacial score (nSPS) is 12.7. The van der Waals surface area contributed by atoms with Gasteiger partial charge >= 0.3 is 0 Å². The van der Waals surface area contributed by atoms with Crippen LogP contribution in [-0.2, 0) is 11.3 Å². The Hall–Kier alpha value is -3.35. The van der Waals surface area contributed by atoms with Crippen molar-refractivity contribution in [3.8, 4) is 11.5 Å². The molecule has 0 fully saturated rings. The molecule has 0 spiro atoms. The maximum Gasteiger partial charge on any atom is 0.262 e. The van der Waals surface area contributed by atoms with Crippen molar-refractivity contribution in [1.29, 1.82) is 0 Å². The zero-order valence-corrected chi connectivity index (χ0v) is 18.2. The van der Waals surface area contributed by atoms with Crippen molar-refractivity contribution in [2.24, 2.45) is 0 Å². The van der Waals surface area contributed by atoms with Crippen molar-refractivity contribution in [1.82, 2.24) is 9.80 Å². The Balaban J connectivity index is 1.75. The summed E-state index contributed by atoms with van der Waals surface area (Å²) in [7, 11) is 0. The average molecular weight is 424 g/mol. The van der Waals surface area contributed by atoms with Crippen molar-refractivity contribution in [3.05, 3.63) is 59.2 Å². The van der Waals surface area contributed by atoms with Crippen molar-refractivity contribution in [2.75, 3.05) is 26.3 Å². The number of fused-ring (bicyclic) bond motifs is 1. The Kier molecular flexibility index (Phi) is 7.28. The highest BCUT2D eigenvalue weighted by atomic mass is 16.5. The number of carbonyl (C=O) groups excluding carboxylic acids is 3. The fraction of sp³-hybridized carbons (Fsp3) is 0.375. The predicted octanol–water partition coefficient (Wildman–Crippen LogP) is 3.52. The maximum atomic E-state index is 13.0. The van der Waals surface area contributed by atoms with Gasteiger partial charge in [0.15, 0.2) is 11.5 Å². The second kappa shape index (κ2) is 10.1. The van der Waals surface area contributed by atoms with Gasteiger partial charge in [0.2, 0.25) is 5.91 Å². The van der Waals surface area contributed by atoms with Crippen LogP contribution in [0.3, 0.4) is 0 Å². The molecule has 0 atom stereocenters. The number of imide groups is 1. The number of rotatable bonds is 10. The van der Waals surface area contributed by atoms with Crippen LogP contribution in [0, 0.1) is 0 Å². The topological polar surface area (TPSA) is 76.2 Å². The van der Waals surface area contributed by atoms with Crippen LogP contribution in [0.1, 0.15) is 53.5 Å². The minimum atomic E-state index is -0.426. The van der Waals surface area contributed by atoms with Gasteiger partial charge in [-0.05, 0) is 50.1 Å². The van der Waals surface area contributed by atoms with Crippen molar-refractivity contribution in [2.45, 2.75) is 33.7 Å². The zero-order chi connectivity index (χ0) is 22.4. The van der Waals surface area contributed by atoms with E-state index in [2.05, 4.69) is 0 Å². The van der Waals surface area contributed by atoms with E-state index in [0.717, 1.165) is 16.9 Å². The Bertz CT molecular complexity index is 937. The van der Waals surface area contributed by atoms with Crippen LogP contribution in [0.15, 0.2) is 42.5 Å². The molecule has 0 N–H and O–H groups in total. The van der Waals surface area contributed by atoms with Gasteiger partial charge in [-0.2, -0.15) is 0 Å². The number of amides is 3. The third kappa shape index (κ3) is 4.87. The van der Waals surface area contributed by atoms with Gasteiger partial charge in [-0.1, -0.05) is 25.1 Å². The molecule has 164 valence electrons. The van der Waals surface area contributed by atoms with Gasteiger partial charge in [0.1, 0.15) is 6.54 Å². The number of hydrogen-bond acceptors (Lipinski definition) is 5. The summed E-state index contributed by atoms with van der Waals surface area (Å²) in [4.78, 5) is 40.9. The van der Waals surface area contributed by atoms with Gasteiger partial charge in [-0.25, -0.2) is 0 Å². The van der Waals surface area contributed by atoms with Crippen molar-refractivity contribution < 1.29 is 23.9 Å². The van der Waals surface area contributed by atoms with Crippen molar-refractivity contribution >= 4 is 17.7 Å². The van der Waals surface area contributed by atoms with E-state index >= 15 is 0 Å². The standard InChI is InChI=1S/C24H28N2O5/c1-4-13-25(15-17-11-12-20(30-5-2)21(14-17)31-6-3)22(27)16-26-23(28)18-9-7-8-10-19(18)24(26)29/h7-12,14H,4-6,13,15-16H2,1-3H3. The summed E-state index contributed by atoms with van der Waals surface area (Å²) < 4.78 is 11.3. The van der Waals surface area contributed by atoms with E-state index in [4.69, 9.17) is 9.47 Å². The van der Waals surface area contributed by atoms with Gasteiger partial charge in [0, 0.05) is 13.1 Å². The van der Waals surface area contributed by atoms with E-state index in [1.807, 2.05) is 39.0 Å². The van der Waals surface area contributed by atoms with E-state index in [-0.39, 0.29) is 12.5 Å². The SMILES string of the molecule is CCCN(Cc1ccc(OCC)c(OCC)c1)C(=O)CN1C(=O)c2ccccc2C1=O. The molecule has 0 bridgehead atoms. The smallest absolute Gasteiger partial charge is 0.262 e. The first kappa shape index (κ1) is 22.3. The second-order valence-electron chi connectivity index (χ2n) is 7.20. The minimum Gasteiger partial charge on any atom is -0.490 e. The molecule has 0 saturated heterocycles. The highest BCUT2D eigenvalue weighted by Crippen LogP contribution is 2.29. The fourth-order valence-electron chi connectivity index (χ4n) is 3.59. The molecule has 7 nitrogen and oxygen atoms in total. The van der Waals surface area contributed by atoms with E-state index in [9.17, 15) is 14.4 Å². The first-order valence-electron chi connectivity index (χ1n) is 10.6. The Morgan fingerprint density at radius 3 is 2.10 bits per heavy atom. The molecule has 3 amide bonds. The van der Waals surface area contributed by atoms with E-state index in [0.29, 0.717) is 48.9 Å². The zero-order valence-electron chi connectivity index (χ0n) is 18.2. The maximum absolute atomic E-state index is 13.0. The molecule has 2 aromatic carbocycles. The van der Waals surface area contributed by atoms with Gasteiger partial charge in [0.05, 0.1) is 24.3 Å². The number of benzene rings is 2. The molecule has 1 aliphatic heterocycles. The number of ether oxygens (including phenoxy) is 2. The van der Waals surface area contributed by atoms with Gasteiger partial charge < -0.3 is 14.4 Å². The third-order valence-corrected chi connectivity index (χ3v) is 5.00. The summed E-state index contributed by atoms with van der Waals surface area (Å²) in [5.74, 6) is 0.164. The lowest BCUT2D eigenvalue weighted by Gasteiger charge is -2.25. The average Bonchev–Trinajstić information content (AvgIpc) is 3.00. The third-order valence-electron chi connectivity index (χ3n) is 5.00. The summed E-state index contributed by atoms with van der Waals surface area (Å²) in [6.07, 6.45) is 0.753. The lowest BCUT2D eigenvalue weighted by Crippen LogP contribution is -2.42. The largest absolute Gasteiger partial charge is 0.490 e. The summed E-state index contributed by atoms with van der Waals surface area (Å²) in [6.45, 7) is 7.40. The molecule has 1 heterocycles. The van der Waals surface area contributed by atoms with Gasteiger partial charge in [-0.15, -0.1) is 0 Å². The lowest BCUT2D eigenvalue weighted by molar-refractivity contribution is -0.132. The van der Waals surface area contributed by atoms with Crippen LogP contribution in [0.5, 0.6) is 11.5 Å². The van der Waals surface area contributed by atoms with Crippen LogP contribution < -0.4 is 9.47 Å². The van der Waals surface area contributed by atoms with Crippen LogP contribution in [0.4, 0.5) is 0 Å².